The van der Waals surface area contributed by atoms with Crippen LogP contribution in [0.25, 0.3) is 11.3 Å². The number of amides is 1. The first kappa shape index (κ1) is 17.6. The number of hydrogen-bond donors (Lipinski definition) is 1. The molecule has 1 heterocycles. The van der Waals surface area contributed by atoms with Gasteiger partial charge >= 0.3 is 6.36 Å². The fraction of sp³-hybridized carbons (Fsp3) is 0.105. The van der Waals surface area contributed by atoms with E-state index in [1.54, 1.807) is 13.0 Å². The van der Waals surface area contributed by atoms with Gasteiger partial charge < -0.3 is 14.5 Å². The van der Waals surface area contributed by atoms with Crippen LogP contribution in [-0.2, 0) is 0 Å². The number of aryl methyl sites for hydroxylation is 1. The molecule has 0 atom stereocenters. The molecule has 2 aromatic carbocycles. The van der Waals surface area contributed by atoms with Crippen LogP contribution in [0.1, 0.15) is 16.1 Å². The van der Waals surface area contributed by atoms with Crippen LogP contribution >= 0.6 is 0 Å². The summed E-state index contributed by atoms with van der Waals surface area (Å²) in [5.41, 5.74) is 1.52. The normalized spacial score (nSPS) is 11.2. The molecule has 0 spiro atoms. The van der Waals surface area contributed by atoms with E-state index in [4.69, 9.17) is 4.42 Å². The molecule has 0 aliphatic rings. The van der Waals surface area contributed by atoms with Gasteiger partial charge in [0.1, 0.15) is 17.3 Å². The Bertz CT molecular complexity index is 900. The maximum absolute atomic E-state index is 12.4. The third kappa shape index (κ3) is 4.24. The van der Waals surface area contributed by atoms with Crippen molar-refractivity contribution in [2.24, 2.45) is 0 Å². The smallest absolute Gasteiger partial charge is 0.461 e. The van der Waals surface area contributed by atoms with Crippen molar-refractivity contribution in [3.05, 3.63) is 72.0 Å². The molecule has 0 saturated heterocycles. The molecule has 1 N–H and O–H groups in total. The first-order valence-electron chi connectivity index (χ1n) is 7.65. The van der Waals surface area contributed by atoms with E-state index < -0.39 is 12.3 Å². The van der Waals surface area contributed by atoms with Crippen molar-refractivity contribution in [3.63, 3.8) is 0 Å². The molecule has 0 radical (unpaired) electrons. The number of furan rings is 1. The minimum Gasteiger partial charge on any atom is -0.461 e. The molecule has 3 rings (SSSR count). The molecule has 134 valence electrons. The second-order valence-corrected chi connectivity index (χ2v) is 5.47. The van der Waals surface area contributed by atoms with Crippen molar-refractivity contribution < 1.29 is 27.1 Å². The molecule has 0 saturated carbocycles. The van der Waals surface area contributed by atoms with Crippen LogP contribution in [0.2, 0.25) is 0 Å². The lowest BCUT2D eigenvalue weighted by atomic mass is 10.1. The number of halogens is 3. The number of hydrogen-bond acceptors (Lipinski definition) is 3. The van der Waals surface area contributed by atoms with Crippen LogP contribution in [0.3, 0.4) is 0 Å². The summed E-state index contributed by atoms with van der Waals surface area (Å²) in [5, 5.41) is 2.62. The van der Waals surface area contributed by atoms with Crippen LogP contribution in [0.15, 0.2) is 65.1 Å². The minimum absolute atomic E-state index is 0.339. The van der Waals surface area contributed by atoms with Gasteiger partial charge in [0.25, 0.3) is 5.91 Å². The molecule has 7 heteroatoms. The lowest BCUT2D eigenvalue weighted by Gasteiger charge is -2.09. The number of benzene rings is 2. The van der Waals surface area contributed by atoms with Gasteiger partial charge in [-0.1, -0.05) is 30.3 Å². The van der Waals surface area contributed by atoms with Crippen LogP contribution in [0, 0.1) is 6.92 Å². The van der Waals surface area contributed by atoms with Gasteiger partial charge in [-0.3, -0.25) is 4.79 Å². The summed E-state index contributed by atoms with van der Waals surface area (Å²) < 4.78 is 45.9. The Balaban J connectivity index is 1.73. The zero-order valence-electron chi connectivity index (χ0n) is 13.6. The summed E-state index contributed by atoms with van der Waals surface area (Å²) in [6.07, 6.45) is -4.76. The lowest BCUT2D eigenvalue weighted by Crippen LogP contribution is -2.17. The Kier molecular flexibility index (Phi) is 4.71. The summed E-state index contributed by atoms with van der Waals surface area (Å²) in [5.74, 6) is 0.222. The van der Waals surface area contributed by atoms with Gasteiger partial charge in [-0.15, -0.1) is 13.2 Å². The van der Waals surface area contributed by atoms with Crippen LogP contribution in [0.4, 0.5) is 18.9 Å². The minimum atomic E-state index is -4.76. The number of anilines is 1. The summed E-state index contributed by atoms with van der Waals surface area (Å²) in [4.78, 5) is 12.4. The Morgan fingerprint density at radius 2 is 1.69 bits per heavy atom. The molecule has 4 nitrogen and oxygen atoms in total. The highest BCUT2D eigenvalue weighted by molar-refractivity contribution is 6.05. The Morgan fingerprint density at radius 1 is 1.04 bits per heavy atom. The average molecular weight is 361 g/mol. The summed E-state index contributed by atoms with van der Waals surface area (Å²) in [7, 11) is 0. The van der Waals surface area contributed by atoms with E-state index in [-0.39, 0.29) is 5.75 Å². The van der Waals surface area contributed by atoms with Gasteiger partial charge in [-0.05, 0) is 37.3 Å². The van der Waals surface area contributed by atoms with Crippen molar-refractivity contribution in [3.8, 4) is 17.1 Å². The highest BCUT2D eigenvalue weighted by Crippen LogP contribution is 2.27. The van der Waals surface area contributed by atoms with E-state index in [9.17, 15) is 18.0 Å². The molecule has 1 aromatic heterocycles. The molecular formula is C19H14F3NO3. The quantitative estimate of drug-likeness (QED) is 0.676. The van der Waals surface area contributed by atoms with Crippen molar-refractivity contribution in [2.75, 3.05) is 5.32 Å². The fourth-order valence-electron chi connectivity index (χ4n) is 2.39. The molecule has 26 heavy (non-hydrogen) atoms. The molecule has 3 aromatic rings. The monoisotopic (exact) mass is 361 g/mol. The standard InChI is InChI=1S/C19H14F3NO3/c1-12-16(11-17(25-12)13-5-3-2-4-6-13)18(24)23-14-7-9-15(10-8-14)26-19(20,21)22/h2-11H,1H3,(H,23,24). The predicted molar refractivity (Wildman–Crippen MR) is 90.0 cm³/mol. The summed E-state index contributed by atoms with van der Waals surface area (Å²) >= 11 is 0. The van der Waals surface area contributed by atoms with Crippen LogP contribution in [-0.4, -0.2) is 12.3 Å². The number of alkyl halides is 3. The second kappa shape index (κ2) is 6.95. The molecule has 0 bridgehead atoms. The lowest BCUT2D eigenvalue weighted by molar-refractivity contribution is -0.274. The maximum atomic E-state index is 12.4. The highest BCUT2D eigenvalue weighted by atomic mass is 19.4. The summed E-state index contributed by atoms with van der Waals surface area (Å²) in [6, 6.07) is 15.8. The van der Waals surface area contributed by atoms with E-state index in [1.165, 1.54) is 12.1 Å². The number of carbonyl (C=O) groups is 1. The van der Waals surface area contributed by atoms with Gasteiger partial charge in [0.05, 0.1) is 5.56 Å². The Labute approximate surface area is 147 Å². The van der Waals surface area contributed by atoms with Crippen molar-refractivity contribution in [2.45, 2.75) is 13.3 Å². The van der Waals surface area contributed by atoms with E-state index in [1.807, 2.05) is 30.3 Å². The first-order valence-corrected chi connectivity index (χ1v) is 7.65. The van der Waals surface area contributed by atoms with E-state index in [0.717, 1.165) is 17.7 Å². The fourth-order valence-corrected chi connectivity index (χ4v) is 2.39. The second-order valence-electron chi connectivity index (χ2n) is 5.47. The van der Waals surface area contributed by atoms with Gasteiger partial charge in [-0.2, -0.15) is 0 Å². The van der Waals surface area contributed by atoms with Crippen molar-refractivity contribution in [1.82, 2.24) is 0 Å². The van der Waals surface area contributed by atoms with E-state index >= 15 is 0 Å². The van der Waals surface area contributed by atoms with Crippen LogP contribution in [0.5, 0.6) is 5.75 Å². The Morgan fingerprint density at radius 3 is 2.31 bits per heavy atom. The molecular weight excluding hydrogens is 347 g/mol. The zero-order chi connectivity index (χ0) is 18.7. The van der Waals surface area contributed by atoms with Gasteiger partial charge in [-0.25, -0.2) is 0 Å². The highest BCUT2D eigenvalue weighted by Gasteiger charge is 2.31. The number of rotatable bonds is 4. The van der Waals surface area contributed by atoms with E-state index in [0.29, 0.717) is 22.8 Å². The largest absolute Gasteiger partial charge is 0.573 e. The predicted octanol–water partition coefficient (Wildman–Crippen LogP) is 5.41. The molecule has 1 amide bonds. The third-order valence-corrected chi connectivity index (χ3v) is 3.57. The van der Waals surface area contributed by atoms with Gasteiger partial charge in [0, 0.05) is 11.3 Å². The molecule has 0 aliphatic carbocycles. The average Bonchev–Trinajstić information content (AvgIpc) is 2.98. The van der Waals surface area contributed by atoms with E-state index in [2.05, 4.69) is 10.1 Å². The number of carbonyl (C=O) groups excluding carboxylic acids is 1. The first-order chi connectivity index (χ1) is 12.3. The molecule has 0 unspecified atom stereocenters. The van der Waals surface area contributed by atoms with Crippen molar-refractivity contribution in [1.29, 1.82) is 0 Å². The molecule has 0 aliphatic heterocycles. The van der Waals surface area contributed by atoms with Crippen molar-refractivity contribution >= 4 is 11.6 Å². The Hall–Kier alpha value is -3.22. The van der Waals surface area contributed by atoms with Crippen LogP contribution < -0.4 is 10.1 Å². The zero-order valence-corrected chi connectivity index (χ0v) is 13.6. The topological polar surface area (TPSA) is 51.5 Å². The molecule has 0 fully saturated rings. The van der Waals surface area contributed by atoms with Gasteiger partial charge in [0.2, 0.25) is 0 Å². The SMILES string of the molecule is Cc1oc(-c2ccccc2)cc1C(=O)Nc1ccc(OC(F)(F)F)cc1. The number of nitrogens with one attached hydrogen (secondary N) is 1. The number of ether oxygens (including phenoxy) is 1. The third-order valence-electron chi connectivity index (χ3n) is 3.57. The van der Waals surface area contributed by atoms with Gasteiger partial charge in [0.15, 0.2) is 0 Å². The maximum Gasteiger partial charge on any atom is 0.573 e. The summed E-state index contributed by atoms with van der Waals surface area (Å²) in [6.45, 7) is 1.67.